The summed E-state index contributed by atoms with van der Waals surface area (Å²) in [5, 5.41) is 9.77. The molecule has 2 aliphatic rings. The van der Waals surface area contributed by atoms with Crippen molar-refractivity contribution < 1.29 is 14.6 Å². The molecule has 0 unspecified atom stereocenters. The number of fused-ring (bicyclic) bond motifs is 2. The maximum Gasteiger partial charge on any atom is 0.160 e. The van der Waals surface area contributed by atoms with Crippen molar-refractivity contribution in [1.82, 2.24) is 0 Å². The van der Waals surface area contributed by atoms with Gasteiger partial charge in [0.25, 0.3) is 0 Å². The van der Waals surface area contributed by atoms with Crippen molar-refractivity contribution in [3.8, 4) is 11.5 Å². The second kappa shape index (κ2) is 5.38. The van der Waals surface area contributed by atoms with Crippen LogP contribution in [0, 0.1) is 23.7 Å². The Morgan fingerprint density at radius 2 is 2.05 bits per heavy atom. The van der Waals surface area contributed by atoms with E-state index in [-0.39, 0.29) is 11.9 Å². The summed E-state index contributed by atoms with van der Waals surface area (Å²) in [6.45, 7) is 7.65. The molecule has 3 nitrogen and oxygen atoms in total. The zero-order valence-corrected chi connectivity index (χ0v) is 13.2. The molecule has 114 valence electrons. The number of allylic oxidation sites excluding steroid dienone is 1. The van der Waals surface area contributed by atoms with Crippen LogP contribution in [0.4, 0.5) is 0 Å². The fourth-order valence-electron chi connectivity index (χ4n) is 4.12. The molecule has 1 fully saturated rings. The molecule has 3 rings (SSSR count). The van der Waals surface area contributed by atoms with Crippen molar-refractivity contribution in [3.05, 3.63) is 35.4 Å². The lowest BCUT2D eigenvalue weighted by molar-refractivity contribution is -0.0935. The summed E-state index contributed by atoms with van der Waals surface area (Å²) in [7, 11) is 1.58. The fraction of sp³-hybridized carbons (Fsp3) is 0.556. The van der Waals surface area contributed by atoms with Gasteiger partial charge in [0.05, 0.1) is 19.8 Å². The molecule has 0 spiro atoms. The Labute approximate surface area is 126 Å². The van der Waals surface area contributed by atoms with Gasteiger partial charge in [0.2, 0.25) is 0 Å². The average Bonchev–Trinajstić information content (AvgIpc) is 2.45. The van der Waals surface area contributed by atoms with Crippen molar-refractivity contribution in [1.29, 1.82) is 0 Å². The first kappa shape index (κ1) is 14.5. The van der Waals surface area contributed by atoms with Crippen LogP contribution in [0.2, 0.25) is 0 Å². The number of hydrogen-bond acceptors (Lipinski definition) is 3. The first-order valence-electron chi connectivity index (χ1n) is 7.69. The fourth-order valence-corrected chi connectivity index (χ4v) is 4.12. The van der Waals surface area contributed by atoms with Crippen molar-refractivity contribution in [3.63, 3.8) is 0 Å². The summed E-state index contributed by atoms with van der Waals surface area (Å²) in [6, 6.07) is 5.54. The zero-order valence-electron chi connectivity index (χ0n) is 13.2. The molecule has 1 saturated heterocycles. The summed E-state index contributed by atoms with van der Waals surface area (Å²) >= 11 is 0. The minimum Gasteiger partial charge on any atom is -0.504 e. The Hall–Kier alpha value is -1.48. The monoisotopic (exact) mass is 288 g/mol. The predicted octanol–water partition coefficient (Wildman–Crippen LogP) is 3.94. The minimum atomic E-state index is 0.0505. The van der Waals surface area contributed by atoms with Gasteiger partial charge in [-0.3, -0.25) is 0 Å². The highest BCUT2D eigenvalue weighted by Crippen LogP contribution is 2.50. The smallest absolute Gasteiger partial charge is 0.160 e. The molecule has 1 aromatic rings. The number of methoxy groups -OCH3 is 1. The minimum absolute atomic E-state index is 0.0505. The van der Waals surface area contributed by atoms with E-state index in [1.165, 1.54) is 5.57 Å². The van der Waals surface area contributed by atoms with Crippen molar-refractivity contribution in [2.24, 2.45) is 23.7 Å². The van der Waals surface area contributed by atoms with Gasteiger partial charge in [-0.2, -0.15) is 0 Å². The molecule has 0 saturated carbocycles. The highest BCUT2D eigenvalue weighted by atomic mass is 16.5. The largest absolute Gasteiger partial charge is 0.504 e. The van der Waals surface area contributed by atoms with E-state index < -0.39 is 0 Å². The van der Waals surface area contributed by atoms with Crippen LogP contribution in [0.25, 0.3) is 0 Å². The Balaban J connectivity index is 1.98. The third-order valence-corrected chi connectivity index (χ3v) is 5.30. The van der Waals surface area contributed by atoms with Gasteiger partial charge >= 0.3 is 0 Å². The molecule has 0 amide bonds. The van der Waals surface area contributed by atoms with Crippen LogP contribution in [-0.2, 0) is 4.74 Å². The van der Waals surface area contributed by atoms with Gasteiger partial charge in [0.15, 0.2) is 11.5 Å². The molecule has 5 atom stereocenters. The molecule has 1 aliphatic carbocycles. The normalized spacial score (nSPS) is 35.2. The van der Waals surface area contributed by atoms with E-state index in [2.05, 4.69) is 26.8 Å². The Morgan fingerprint density at radius 1 is 1.29 bits per heavy atom. The molecule has 1 heterocycles. The number of ether oxygens (including phenoxy) is 2. The molecule has 1 aliphatic heterocycles. The van der Waals surface area contributed by atoms with E-state index in [9.17, 15) is 5.11 Å². The van der Waals surface area contributed by atoms with Gasteiger partial charge < -0.3 is 14.6 Å². The second-order valence-corrected chi connectivity index (χ2v) is 6.50. The molecular weight excluding hydrogens is 264 g/mol. The summed E-state index contributed by atoms with van der Waals surface area (Å²) in [4.78, 5) is 0. The summed E-state index contributed by atoms with van der Waals surface area (Å²) in [5.41, 5.74) is 2.50. The van der Waals surface area contributed by atoms with E-state index in [0.717, 1.165) is 12.2 Å². The lowest BCUT2D eigenvalue weighted by atomic mass is 9.64. The number of rotatable bonds is 2. The van der Waals surface area contributed by atoms with Crippen molar-refractivity contribution in [2.45, 2.75) is 26.9 Å². The molecular formula is C18H24O3. The quantitative estimate of drug-likeness (QED) is 0.838. The summed E-state index contributed by atoms with van der Waals surface area (Å²) in [6.07, 6.45) is 2.46. The van der Waals surface area contributed by atoms with E-state index in [1.54, 1.807) is 13.2 Å². The van der Waals surface area contributed by atoms with Crippen LogP contribution in [0.15, 0.2) is 29.8 Å². The van der Waals surface area contributed by atoms with E-state index in [4.69, 9.17) is 9.47 Å². The van der Waals surface area contributed by atoms with Crippen LogP contribution in [0.1, 0.15) is 32.4 Å². The van der Waals surface area contributed by atoms with Gasteiger partial charge in [0, 0.05) is 5.92 Å². The Morgan fingerprint density at radius 3 is 2.76 bits per heavy atom. The topological polar surface area (TPSA) is 38.7 Å². The zero-order chi connectivity index (χ0) is 15.1. The molecule has 1 aromatic carbocycles. The SMILES string of the molecule is COc1cc([C@H]2OC[C@H]3[C@H](C)[C@@H]2C(C)=C[C@@H]3C)ccc1O. The highest BCUT2D eigenvalue weighted by molar-refractivity contribution is 5.43. The summed E-state index contributed by atoms with van der Waals surface area (Å²) in [5.74, 6) is 2.91. The van der Waals surface area contributed by atoms with Gasteiger partial charge in [-0.05, 0) is 42.4 Å². The first-order chi connectivity index (χ1) is 10.0. The van der Waals surface area contributed by atoms with Crippen LogP contribution in [-0.4, -0.2) is 18.8 Å². The van der Waals surface area contributed by atoms with Crippen LogP contribution < -0.4 is 4.74 Å². The average molecular weight is 288 g/mol. The lowest BCUT2D eigenvalue weighted by Gasteiger charge is -2.47. The maximum absolute atomic E-state index is 9.77. The number of benzene rings is 1. The van der Waals surface area contributed by atoms with Gasteiger partial charge in [-0.25, -0.2) is 0 Å². The Bertz CT molecular complexity index is 564. The number of phenolic OH excluding ortho intramolecular Hbond substituents is 1. The summed E-state index contributed by atoms with van der Waals surface area (Å²) < 4.78 is 11.4. The third kappa shape index (κ3) is 2.34. The van der Waals surface area contributed by atoms with Crippen LogP contribution in [0.5, 0.6) is 11.5 Å². The van der Waals surface area contributed by atoms with E-state index in [1.807, 2.05) is 12.1 Å². The van der Waals surface area contributed by atoms with Crippen molar-refractivity contribution in [2.75, 3.05) is 13.7 Å². The predicted molar refractivity (Wildman–Crippen MR) is 82.4 cm³/mol. The molecule has 2 bridgehead atoms. The van der Waals surface area contributed by atoms with Gasteiger partial charge in [-0.15, -0.1) is 0 Å². The van der Waals surface area contributed by atoms with E-state index in [0.29, 0.717) is 29.4 Å². The number of aromatic hydroxyl groups is 1. The maximum atomic E-state index is 9.77. The molecule has 0 aromatic heterocycles. The standard InChI is InChI=1S/C18H24O3/c1-10-7-11(2)17-12(3)14(10)9-21-18(17)13-5-6-15(19)16(8-13)20-4/h5-8,10,12,14,17-19H,9H2,1-4H3/t10-,12-,14+,17-,18+/m0/s1. The van der Waals surface area contributed by atoms with Crippen molar-refractivity contribution >= 4 is 0 Å². The third-order valence-electron chi connectivity index (χ3n) is 5.30. The number of phenols is 1. The molecule has 21 heavy (non-hydrogen) atoms. The van der Waals surface area contributed by atoms with Crippen LogP contribution in [0.3, 0.4) is 0 Å². The second-order valence-electron chi connectivity index (χ2n) is 6.50. The number of hydrogen-bond donors (Lipinski definition) is 1. The van der Waals surface area contributed by atoms with E-state index >= 15 is 0 Å². The molecule has 3 heteroatoms. The van der Waals surface area contributed by atoms with Gasteiger partial charge in [-0.1, -0.05) is 31.6 Å². The Kier molecular flexibility index (Phi) is 3.70. The lowest BCUT2D eigenvalue weighted by Crippen LogP contribution is -2.42. The molecule has 1 N–H and O–H groups in total. The van der Waals surface area contributed by atoms with Crippen LogP contribution >= 0.6 is 0 Å². The first-order valence-corrected chi connectivity index (χ1v) is 7.69. The molecule has 0 radical (unpaired) electrons. The van der Waals surface area contributed by atoms with Gasteiger partial charge in [0.1, 0.15) is 0 Å². The highest BCUT2D eigenvalue weighted by Gasteiger charge is 2.43.